The summed E-state index contributed by atoms with van der Waals surface area (Å²) in [7, 11) is 0. The number of aliphatic hydroxyl groups is 1. The van der Waals surface area contributed by atoms with Crippen LogP contribution in [0.1, 0.15) is 27.2 Å². The summed E-state index contributed by atoms with van der Waals surface area (Å²) < 4.78 is 0. The molecule has 0 aromatic rings. The second kappa shape index (κ2) is 3.74. The monoisotopic (exact) mass is 179 g/mol. The van der Waals surface area contributed by atoms with Gasteiger partial charge in [0.15, 0.2) is 0 Å². The van der Waals surface area contributed by atoms with Crippen LogP contribution in [-0.2, 0) is 0 Å². The number of nitrogens with one attached hydrogen (secondary N) is 1. The predicted molar refractivity (Wildman–Crippen MR) is 49.1 cm³/mol. The zero-order valence-electron chi connectivity index (χ0n) is 7.42. The highest BCUT2D eigenvalue weighted by Crippen LogP contribution is 2.26. The molecule has 1 heterocycles. The van der Waals surface area contributed by atoms with Crippen LogP contribution >= 0.6 is 12.4 Å². The zero-order valence-corrected chi connectivity index (χ0v) is 8.24. The third-order valence-electron chi connectivity index (χ3n) is 2.43. The Hall–Kier alpha value is 0.210. The summed E-state index contributed by atoms with van der Waals surface area (Å²) in [6.45, 7) is 6.97. The molecule has 0 saturated carbocycles. The van der Waals surface area contributed by atoms with Gasteiger partial charge in [-0.1, -0.05) is 0 Å². The zero-order chi connectivity index (χ0) is 7.78. The average molecular weight is 180 g/mol. The fourth-order valence-electron chi connectivity index (χ4n) is 1.82. The highest BCUT2D eigenvalue weighted by molar-refractivity contribution is 5.85. The molecule has 0 spiro atoms. The van der Waals surface area contributed by atoms with Crippen molar-refractivity contribution in [2.45, 2.75) is 38.8 Å². The molecular weight excluding hydrogens is 162 g/mol. The molecule has 3 heteroatoms. The standard InChI is InChI=1S/C8H17NO.ClH/c1-6-7(4-5-9-6)8(2,3)10;/h6-7,9-10H,4-5H2,1-3H3;1H. The molecule has 2 atom stereocenters. The van der Waals surface area contributed by atoms with E-state index in [1.54, 1.807) is 0 Å². The molecule has 1 saturated heterocycles. The van der Waals surface area contributed by atoms with E-state index in [-0.39, 0.29) is 12.4 Å². The Morgan fingerprint density at radius 2 is 2.00 bits per heavy atom. The topological polar surface area (TPSA) is 32.3 Å². The van der Waals surface area contributed by atoms with Crippen LogP contribution in [0, 0.1) is 5.92 Å². The fraction of sp³-hybridized carbons (Fsp3) is 1.00. The van der Waals surface area contributed by atoms with Crippen molar-refractivity contribution in [1.82, 2.24) is 5.32 Å². The Morgan fingerprint density at radius 1 is 1.45 bits per heavy atom. The van der Waals surface area contributed by atoms with E-state index in [0.29, 0.717) is 12.0 Å². The molecule has 68 valence electrons. The lowest BCUT2D eigenvalue weighted by atomic mass is 9.86. The lowest BCUT2D eigenvalue weighted by Crippen LogP contribution is -2.37. The second-order valence-corrected chi connectivity index (χ2v) is 3.79. The lowest BCUT2D eigenvalue weighted by molar-refractivity contribution is 0.0142. The van der Waals surface area contributed by atoms with Gasteiger partial charge in [-0.3, -0.25) is 0 Å². The Bertz CT molecular complexity index is 122. The molecule has 0 amide bonds. The highest BCUT2D eigenvalue weighted by atomic mass is 35.5. The summed E-state index contributed by atoms with van der Waals surface area (Å²) in [5, 5.41) is 13.0. The predicted octanol–water partition coefficient (Wildman–Crippen LogP) is 1.18. The smallest absolute Gasteiger partial charge is 0.0635 e. The molecule has 1 aliphatic rings. The quantitative estimate of drug-likeness (QED) is 0.634. The maximum atomic E-state index is 9.65. The van der Waals surface area contributed by atoms with Gasteiger partial charge in [0.05, 0.1) is 5.60 Å². The molecule has 0 aliphatic carbocycles. The van der Waals surface area contributed by atoms with Gasteiger partial charge in [-0.05, 0) is 33.7 Å². The maximum absolute atomic E-state index is 9.65. The first kappa shape index (κ1) is 11.2. The van der Waals surface area contributed by atoms with Crippen molar-refractivity contribution in [2.24, 2.45) is 5.92 Å². The second-order valence-electron chi connectivity index (χ2n) is 3.79. The summed E-state index contributed by atoms with van der Waals surface area (Å²) in [5.74, 6) is 0.424. The van der Waals surface area contributed by atoms with Gasteiger partial charge in [-0.25, -0.2) is 0 Å². The van der Waals surface area contributed by atoms with E-state index in [4.69, 9.17) is 0 Å². The molecule has 0 aromatic carbocycles. The van der Waals surface area contributed by atoms with Crippen LogP contribution < -0.4 is 5.32 Å². The van der Waals surface area contributed by atoms with Crippen molar-refractivity contribution in [3.8, 4) is 0 Å². The highest BCUT2D eigenvalue weighted by Gasteiger charge is 2.34. The Labute approximate surface area is 74.8 Å². The molecular formula is C8H18ClNO. The largest absolute Gasteiger partial charge is 0.390 e. The molecule has 1 rings (SSSR count). The number of hydrogen-bond acceptors (Lipinski definition) is 2. The first-order chi connectivity index (χ1) is 4.52. The summed E-state index contributed by atoms with van der Waals surface area (Å²) >= 11 is 0. The minimum Gasteiger partial charge on any atom is -0.390 e. The van der Waals surface area contributed by atoms with E-state index in [1.165, 1.54) is 0 Å². The van der Waals surface area contributed by atoms with E-state index in [0.717, 1.165) is 13.0 Å². The van der Waals surface area contributed by atoms with Crippen LogP contribution in [0.5, 0.6) is 0 Å². The van der Waals surface area contributed by atoms with E-state index in [1.807, 2.05) is 13.8 Å². The van der Waals surface area contributed by atoms with Crippen molar-refractivity contribution in [3.05, 3.63) is 0 Å². The van der Waals surface area contributed by atoms with Gasteiger partial charge >= 0.3 is 0 Å². The minimum absolute atomic E-state index is 0. The average Bonchev–Trinajstić information content (AvgIpc) is 2.11. The third kappa shape index (κ3) is 2.62. The Morgan fingerprint density at radius 3 is 2.18 bits per heavy atom. The summed E-state index contributed by atoms with van der Waals surface area (Å²) in [6, 6.07) is 0.472. The van der Waals surface area contributed by atoms with Crippen LogP contribution in [0.2, 0.25) is 0 Å². The van der Waals surface area contributed by atoms with E-state index < -0.39 is 5.60 Å². The Balaban J connectivity index is 0.000001000. The SMILES string of the molecule is CC1NCCC1C(C)(C)O.Cl. The molecule has 11 heavy (non-hydrogen) atoms. The molecule has 0 bridgehead atoms. The normalized spacial score (nSPS) is 31.6. The van der Waals surface area contributed by atoms with Gasteiger partial charge < -0.3 is 10.4 Å². The molecule has 1 fully saturated rings. The molecule has 2 N–H and O–H groups in total. The first-order valence-corrected chi connectivity index (χ1v) is 3.97. The van der Waals surface area contributed by atoms with Crippen molar-refractivity contribution in [2.75, 3.05) is 6.54 Å². The van der Waals surface area contributed by atoms with Gasteiger partial charge in [0.25, 0.3) is 0 Å². The van der Waals surface area contributed by atoms with E-state index in [2.05, 4.69) is 12.2 Å². The molecule has 2 unspecified atom stereocenters. The maximum Gasteiger partial charge on any atom is 0.0635 e. The Kier molecular flexibility index (Phi) is 3.82. The van der Waals surface area contributed by atoms with Gasteiger partial charge in [-0.2, -0.15) is 0 Å². The number of hydrogen-bond donors (Lipinski definition) is 2. The summed E-state index contributed by atoms with van der Waals surface area (Å²) in [6.07, 6.45) is 1.10. The summed E-state index contributed by atoms with van der Waals surface area (Å²) in [5.41, 5.74) is -0.511. The number of rotatable bonds is 1. The molecule has 0 aromatic heterocycles. The van der Waals surface area contributed by atoms with E-state index >= 15 is 0 Å². The van der Waals surface area contributed by atoms with Crippen LogP contribution in [0.4, 0.5) is 0 Å². The van der Waals surface area contributed by atoms with Crippen LogP contribution in [0.3, 0.4) is 0 Å². The molecule has 1 aliphatic heterocycles. The van der Waals surface area contributed by atoms with Crippen molar-refractivity contribution < 1.29 is 5.11 Å². The van der Waals surface area contributed by atoms with Gasteiger partial charge in [0.2, 0.25) is 0 Å². The minimum atomic E-state index is -0.511. The van der Waals surface area contributed by atoms with Gasteiger partial charge in [0, 0.05) is 12.0 Å². The lowest BCUT2D eigenvalue weighted by Gasteiger charge is -2.28. The van der Waals surface area contributed by atoms with Gasteiger partial charge in [-0.15, -0.1) is 12.4 Å². The van der Waals surface area contributed by atoms with Crippen LogP contribution in [0.25, 0.3) is 0 Å². The van der Waals surface area contributed by atoms with E-state index in [9.17, 15) is 5.11 Å². The van der Waals surface area contributed by atoms with Crippen molar-refractivity contribution >= 4 is 12.4 Å². The van der Waals surface area contributed by atoms with Crippen LogP contribution in [-0.4, -0.2) is 23.3 Å². The number of halogens is 1. The summed E-state index contributed by atoms with van der Waals surface area (Å²) in [4.78, 5) is 0. The first-order valence-electron chi connectivity index (χ1n) is 3.97. The fourth-order valence-corrected chi connectivity index (χ4v) is 1.82. The third-order valence-corrected chi connectivity index (χ3v) is 2.43. The van der Waals surface area contributed by atoms with Crippen LogP contribution in [0.15, 0.2) is 0 Å². The molecule has 2 nitrogen and oxygen atoms in total. The van der Waals surface area contributed by atoms with Crippen molar-refractivity contribution in [1.29, 1.82) is 0 Å². The van der Waals surface area contributed by atoms with Crippen molar-refractivity contribution in [3.63, 3.8) is 0 Å². The molecule has 0 radical (unpaired) electrons. The van der Waals surface area contributed by atoms with Gasteiger partial charge in [0.1, 0.15) is 0 Å².